The first-order valence-electron chi connectivity index (χ1n) is 6.23. The van der Waals surface area contributed by atoms with Gasteiger partial charge >= 0.3 is 0 Å². The molecule has 0 saturated heterocycles. The molecule has 0 aliphatic rings. The zero-order valence-electron chi connectivity index (χ0n) is 11.3. The van der Waals surface area contributed by atoms with E-state index in [9.17, 15) is 4.39 Å². The highest BCUT2D eigenvalue weighted by molar-refractivity contribution is 6.31. The maximum atomic E-state index is 14.1. The van der Waals surface area contributed by atoms with Gasteiger partial charge in [-0.25, -0.2) is 4.39 Å². The first kappa shape index (κ1) is 14.0. The Morgan fingerprint density at radius 3 is 2.53 bits per heavy atom. The number of hydrogen-bond acceptors (Lipinski definition) is 1. The summed E-state index contributed by atoms with van der Waals surface area (Å²) in [6.07, 6.45) is 0. The summed E-state index contributed by atoms with van der Waals surface area (Å²) in [5, 5.41) is 3.87. The highest BCUT2D eigenvalue weighted by Gasteiger charge is 2.18. The number of halogens is 2. The van der Waals surface area contributed by atoms with Crippen molar-refractivity contribution in [1.82, 2.24) is 5.32 Å². The molecule has 1 unspecified atom stereocenters. The molecule has 3 heteroatoms. The highest BCUT2D eigenvalue weighted by atomic mass is 35.5. The topological polar surface area (TPSA) is 12.0 Å². The minimum absolute atomic E-state index is 0.196. The first-order valence-corrected chi connectivity index (χ1v) is 6.60. The number of nitrogens with one attached hydrogen (secondary N) is 1. The van der Waals surface area contributed by atoms with Crippen molar-refractivity contribution in [3.05, 3.63) is 69.5 Å². The van der Waals surface area contributed by atoms with Crippen molar-refractivity contribution in [2.24, 2.45) is 0 Å². The molecule has 0 aromatic heterocycles. The minimum atomic E-state index is -0.204. The second-order valence-corrected chi connectivity index (χ2v) is 5.11. The Labute approximate surface area is 118 Å². The van der Waals surface area contributed by atoms with Crippen LogP contribution in [0.2, 0.25) is 5.02 Å². The van der Waals surface area contributed by atoms with E-state index in [4.69, 9.17) is 11.6 Å². The van der Waals surface area contributed by atoms with E-state index >= 15 is 0 Å². The molecular weight excluding hydrogens is 261 g/mol. The maximum absolute atomic E-state index is 14.1. The van der Waals surface area contributed by atoms with Crippen LogP contribution >= 0.6 is 11.6 Å². The molecule has 0 saturated carbocycles. The van der Waals surface area contributed by atoms with E-state index in [1.165, 1.54) is 6.07 Å². The van der Waals surface area contributed by atoms with Crippen LogP contribution in [0.5, 0.6) is 0 Å². The van der Waals surface area contributed by atoms with Gasteiger partial charge in [-0.2, -0.15) is 0 Å². The lowest BCUT2D eigenvalue weighted by Gasteiger charge is -2.21. The number of benzene rings is 2. The van der Waals surface area contributed by atoms with Crippen molar-refractivity contribution in [3.63, 3.8) is 0 Å². The molecule has 0 amide bonds. The Bertz CT molecular complexity index is 593. The third-order valence-corrected chi connectivity index (χ3v) is 3.78. The second-order valence-electron chi connectivity index (χ2n) is 4.70. The Morgan fingerprint density at radius 2 is 1.84 bits per heavy atom. The molecule has 1 N–H and O–H groups in total. The van der Waals surface area contributed by atoms with Crippen molar-refractivity contribution in [3.8, 4) is 0 Å². The van der Waals surface area contributed by atoms with Gasteiger partial charge in [-0.1, -0.05) is 41.4 Å². The highest BCUT2D eigenvalue weighted by Crippen LogP contribution is 2.30. The molecule has 0 aliphatic carbocycles. The summed E-state index contributed by atoms with van der Waals surface area (Å²) < 4.78 is 14.1. The molecule has 100 valence electrons. The molecule has 0 radical (unpaired) electrons. The Hall–Kier alpha value is -1.38. The number of aryl methyl sites for hydroxylation is 1. The van der Waals surface area contributed by atoms with Gasteiger partial charge in [0.15, 0.2) is 0 Å². The van der Waals surface area contributed by atoms with Gasteiger partial charge in [0.1, 0.15) is 5.82 Å². The third kappa shape index (κ3) is 2.80. The van der Waals surface area contributed by atoms with Crippen LogP contribution in [0.25, 0.3) is 0 Å². The average Bonchev–Trinajstić information content (AvgIpc) is 2.39. The summed E-state index contributed by atoms with van der Waals surface area (Å²) in [6, 6.07) is 10.7. The smallest absolute Gasteiger partial charge is 0.128 e. The Kier molecular flexibility index (Phi) is 4.23. The average molecular weight is 278 g/mol. The summed E-state index contributed by atoms with van der Waals surface area (Å²) in [5.41, 5.74) is 3.66. The van der Waals surface area contributed by atoms with Gasteiger partial charge in [0.2, 0.25) is 0 Å². The predicted molar refractivity (Wildman–Crippen MR) is 78.2 cm³/mol. The van der Waals surface area contributed by atoms with Crippen molar-refractivity contribution >= 4 is 11.6 Å². The van der Waals surface area contributed by atoms with Gasteiger partial charge < -0.3 is 5.32 Å². The van der Waals surface area contributed by atoms with Crippen LogP contribution in [-0.4, -0.2) is 7.05 Å². The lowest BCUT2D eigenvalue weighted by Crippen LogP contribution is -2.20. The van der Waals surface area contributed by atoms with E-state index < -0.39 is 0 Å². The quantitative estimate of drug-likeness (QED) is 0.876. The maximum Gasteiger partial charge on any atom is 0.128 e. The van der Waals surface area contributed by atoms with Gasteiger partial charge in [0.05, 0.1) is 6.04 Å². The van der Waals surface area contributed by atoms with Gasteiger partial charge in [0, 0.05) is 10.6 Å². The molecule has 2 rings (SSSR count). The normalized spacial score (nSPS) is 12.5. The fraction of sp³-hybridized carbons (Fsp3) is 0.250. The monoisotopic (exact) mass is 277 g/mol. The molecule has 0 fully saturated rings. The second kappa shape index (κ2) is 5.72. The van der Waals surface area contributed by atoms with Crippen LogP contribution in [0.3, 0.4) is 0 Å². The lowest BCUT2D eigenvalue weighted by atomic mass is 9.94. The third-order valence-electron chi connectivity index (χ3n) is 3.37. The molecule has 0 aliphatic heterocycles. The van der Waals surface area contributed by atoms with E-state index in [1.807, 2.05) is 45.2 Å². The Morgan fingerprint density at radius 1 is 1.11 bits per heavy atom. The molecule has 0 heterocycles. The number of rotatable bonds is 3. The van der Waals surface area contributed by atoms with Crippen molar-refractivity contribution < 1.29 is 4.39 Å². The van der Waals surface area contributed by atoms with Crippen molar-refractivity contribution in [1.29, 1.82) is 0 Å². The molecule has 1 nitrogen and oxygen atoms in total. The summed E-state index contributed by atoms with van der Waals surface area (Å²) >= 11 is 6.15. The minimum Gasteiger partial charge on any atom is -0.309 e. The first-order chi connectivity index (χ1) is 9.04. The molecule has 0 spiro atoms. The molecule has 0 bridgehead atoms. The van der Waals surface area contributed by atoms with Crippen LogP contribution in [-0.2, 0) is 0 Å². The molecule has 1 atom stereocenters. The lowest BCUT2D eigenvalue weighted by molar-refractivity contribution is 0.574. The Balaban J connectivity index is 2.56. The van der Waals surface area contributed by atoms with Crippen LogP contribution in [0.1, 0.15) is 28.3 Å². The van der Waals surface area contributed by atoms with E-state index in [0.717, 1.165) is 16.7 Å². The zero-order valence-corrected chi connectivity index (χ0v) is 12.1. The van der Waals surface area contributed by atoms with Crippen LogP contribution < -0.4 is 5.32 Å². The van der Waals surface area contributed by atoms with E-state index in [0.29, 0.717) is 10.6 Å². The van der Waals surface area contributed by atoms with E-state index in [2.05, 4.69) is 5.32 Å². The van der Waals surface area contributed by atoms with Gasteiger partial charge in [0.25, 0.3) is 0 Å². The van der Waals surface area contributed by atoms with Gasteiger partial charge in [-0.3, -0.25) is 0 Å². The summed E-state index contributed by atoms with van der Waals surface area (Å²) in [7, 11) is 1.83. The summed E-state index contributed by atoms with van der Waals surface area (Å²) in [4.78, 5) is 0. The largest absolute Gasteiger partial charge is 0.309 e. The van der Waals surface area contributed by atoms with E-state index in [-0.39, 0.29) is 11.9 Å². The summed E-state index contributed by atoms with van der Waals surface area (Å²) in [6.45, 7) is 3.91. The van der Waals surface area contributed by atoms with Gasteiger partial charge in [-0.05, 0) is 44.2 Å². The van der Waals surface area contributed by atoms with Crippen LogP contribution in [0.4, 0.5) is 4.39 Å². The van der Waals surface area contributed by atoms with E-state index in [1.54, 1.807) is 6.07 Å². The predicted octanol–water partition coefficient (Wildman–Crippen LogP) is 4.40. The number of hydrogen-bond donors (Lipinski definition) is 1. The van der Waals surface area contributed by atoms with Crippen molar-refractivity contribution in [2.75, 3.05) is 7.05 Å². The van der Waals surface area contributed by atoms with Crippen LogP contribution in [0, 0.1) is 19.7 Å². The SMILES string of the molecule is CNC(c1cc(C)ccc1F)c1cccc(Cl)c1C. The zero-order chi connectivity index (χ0) is 14.0. The standard InChI is InChI=1S/C16H17ClFN/c1-10-7-8-15(18)13(9-10)16(19-3)12-5-4-6-14(17)11(12)2/h4-9,16,19H,1-3H3. The van der Waals surface area contributed by atoms with Crippen LogP contribution in [0.15, 0.2) is 36.4 Å². The molecule has 19 heavy (non-hydrogen) atoms. The molecular formula is C16H17ClFN. The fourth-order valence-electron chi connectivity index (χ4n) is 2.30. The fourth-order valence-corrected chi connectivity index (χ4v) is 2.48. The summed E-state index contributed by atoms with van der Waals surface area (Å²) in [5.74, 6) is -0.204. The van der Waals surface area contributed by atoms with Gasteiger partial charge in [-0.15, -0.1) is 0 Å². The van der Waals surface area contributed by atoms with Crippen molar-refractivity contribution in [2.45, 2.75) is 19.9 Å². The molecule has 2 aromatic rings. The molecule has 2 aromatic carbocycles.